The van der Waals surface area contributed by atoms with Gasteiger partial charge in [0.25, 0.3) is 0 Å². The summed E-state index contributed by atoms with van der Waals surface area (Å²) in [5, 5.41) is 3.80. The number of aromatic nitrogens is 1. The lowest BCUT2D eigenvalue weighted by Crippen LogP contribution is -2.01. The normalized spacial score (nSPS) is 11.1. The Labute approximate surface area is 123 Å². The Bertz CT molecular complexity index is 725. The molecule has 2 aromatic carbocycles. The first kappa shape index (κ1) is 13.3. The number of aryl methyl sites for hydroxylation is 1. The molecule has 0 unspecified atom stereocenters. The average Bonchev–Trinajstić information content (AvgIpc) is 2.80. The molecule has 0 aliphatic heterocycles. The molecule has 0 saturated carbocycles. The summed E-state index contributed by atoms with van der Waals surface area (Å²) in [5.74, 6) is 0. The molecule has 0 fully saturated rings. The predicted octanol–water partition coefficient (Wildman–Crippen LogP) is 3.70. The van der Waals surface area contributed by atoms with E-state index in [1.54, 1.807) is 11.3 Å². The van der Waals surface area contributed by atoms with E-state index in [-0.39, 0.29) is 0 Å². The second kappa shape index (κ2) is 5.73. The molecule has 2 nitrogen and oxygen atoms in total. The van der Waals surface area contributed by atoms with Gasteiger partial charge in [-0.15, -0.1) is 11.3 Å². The lowest BCUT2D eigenvalue weighted by molar-refractivity contribution is 0.967. The minimum absolute atomic E-state index is 0.691. The number of fused-ring (bicyclic) bond motifs is 1. The van der Waals surface area contributed by atoms with E-state index in [0.717, 1.165) is 18.5 Å². The zero-order valence-corrected chi connectivity index (χ0v) is 12.4. The van der Waals surface area contributed by atoms with Gasteiger partial charge in [-0.3, -0.25) is 0 Å². The van der Waals surface area contributed by atoms with Crippen molar-refractivity contribution in [2.24, 2.45) is 5.73 Å². The van der Waals surface area contributed by atoms with Gasteiger partial charge in [-0.1, -0.05) is 42.5 Å². The van der Waals surface area contributed by atoms with Gasteiger partial charge in [0.15, 0.2) is 0 Å². The Morgan fingerprint density at radius 3 is 2.75 bits per heavy atom. The number of hydrogen-bond donors (Lipinski definition) is 1. The van der Waals surface area contributed by atoms with Crippen LogP contribution in [0.15, 0.2) is 42.5 Å². The second-order valence-electron chi connectivity index (χ2n) is 4.97. The molecular formula is C17H18N2S. The minimum atomic E-state index is 0.691. The van der Waals surface area contributed by atoms with E-state index in [1.165, 1.54) is 26.2 Å². The molecular weight excluding hydrogens is 264 g/mol. The number of rotatable bonds is 4. The molecule has 0 aliphatic carbocycles. The van der Waals surface area contributed by atoms with Crippen LogP contribution in [0.4, 0.5) is 0 Å². The summed E-state index contributed by atoms with van der Waals surface area (Å²) < 4.78 is 0. The monoisotopic (exact) mass is 282 g/mol. The third-order valence-electron chi connectivity index (χ3n) is 3.53. The molecule has 102 valence electrons. The Balaban J connectivity index is 1.95. The topological polar surface area (TPSA) is 38.9 Å². The SMILES string of the molecule is Cc1nc(Cc2cccc3ccccc23)sc1CCN. The van der Waals surface area contributed by atoms with Crippen LogP contribution in [0.5, 0.6) is 0 Å². The van der Waals surface area contributed by atoms with Crippen molar-refractivity contribution < 1.29 is 0 Å². The number of thiazole rings is 1. The first-order chi connectivity index (χ1) is 9.78. The lowest BCUT2D eigenvalue weighted by Gasteiger charge is -2.04. The Kier molecular flexibility index (Phi) is 3.81. The Morgan fingerprint density at radius 2 is 1.90 bits per heavy atom. The minimum Gasteiger partial charge on any atom is -0.330 e. The molecule has 20 heavy (non-hydrogen) atoms. The molecule has 0 amide bonds. The smallest absolute Gasteiger partial charge is 0.0975 e. The summed E-state index contributed by atoms with van der Waals surface area (Å²) in [6.45, 7) is 2.77. The van der Waals surface area contributed by atoms with Crippen LogP contribution >= 0.6 is 11.3 Å². The van der Waals surface area contributed by atoms with Gasteiger partial charge in [-0.05, 0) is 36.2 Å². The molecule has 3 aromatic rings. The highest BCUT2D eigenvalue weighted by Crippen LogP contribution is 2.25. The van der Waals surface area contributed by atoms with Crippen LogP contribution in [0.3, 0.4) is 0 Å². The van der Waals surface area contributed by atoms with Crippen LogP contribution in [0.2, 0.25) is 0 Å². The molecule has 3 rings (SSSR count). The van der Waals surface area contributed by atoms with E-state index >= 15 is 0 Å². The van der Waals surface area contributed by atoms with E-state index in [2.05, 4.69) is 49.4 Å². The molecule has 2 N–H and O–H groups in total. The highest BCUT2D eigenvalue weighted by atomic mass is 32.1. The van der Waals surface area contributed by atoms with Crippen molar-refractivity contribution in [3.63, 3.8) is 0 Å². The van der Waals surface area contributed by atoms with E-state index in [4.69, 9.17) is 10.7 Å². The summed E-state index contributed by atoms with van der Waals surface area (Å²) >= 11 is 1.80. The van der Waals surface area contributed by atoms with Crippen molar-refractivity contribution >= 4 is 22.1 Å². The van der Waals surface area contributed by atoms with Crippen LogP contribution in [0.25, 0.3) is 10.8 Å². The standard InChI is InChI=1S/C17H18N2S/c1-12-16(9-10-18)20-17(19-12)11-14-7-4-6-13-5-2-3-8-15(13)14/h2-8H,9-11,18H2,1H3. The highest BCUT2D eigenvalue weighted by Gasteiger charge is 2.09. The molecule has 0 bridgehead atoms. The van der Waals surface area contributed by atoms with Crippen LogP contribution in [-0.2, 0) is 12.8 Å². The van der Waals surface area contributed by atoms with Crippen LogP contribution in [-0.4, -0.2) is 11.5 Å². The van der Waals surface area contributed by atoms with Crippen molar-refractivity contribution in [2.45, 2.75) is 19.8 Å². The first-order valence-corrected chi connectivity index (χ1v) is 7.71. The summed E-state index contributed by atoms with van der Waals surface area (Å²) in [7, 11) is 0. The zero-order chi connectivity index (χ0) is 13.9. The van der Waals surface area contributed by atoms with Crippen molar-refractivity contribution in [3.05, 3.63) is 63.6 Å². The third-order valence-corrected chi connectivity index (χ3v) is 4.75. The number of benzene rings is 2. The highest BCUT2D eigenvalue weighted by molar-refractivity contribution is 7.11. The van der Waals surface area contributed by atoms with Gasteiger partial charge in [-0.25, -0.2) is 4.98 Å². The number of hydrogen-bond acceptors (Lipinski definition) is 3. The first-order valence-electron chi connectivity index (χ1n) is 6.90. The summed E-state index contributed by atoms with van der Waals surface area (Å²) in [6, 6.07) is 15.0. The molecule has 0 radical (unpaired) electrons. The third kappa shape index (κ3) is 2.60. The molecule has 1 aromatic heterocycles. The quantitative estimate of drug-likeness (QED) is 0.792. The van der Waals surface area contributed by atoms with Gasteiger partial charge in [0.05, 0.1) is 10.7 Å². The van der Waals surface area contributed by atoms with E-state index < -0.39 is 0 Å². The van der Waals surface area contributed by atoms with Crippen LogP contribution < -0.4 is 5.73 Å². The van der Waals surface area contributed by atoms with Gasteiger partial charge in [0, 0.05) is 11.3 Å². The fraction of sp³-hybridized carbons (Fsp3) is 0.235. The van der Waals surface area contributed by atoms with Gasteiger partial charge in [0.1, 0.15) is 0 Å². The van der Waals surface area contributed by atoms with Gasteiger partial charge < -0.3 is 5.73 Å². The van der Waals surface area contributed by atoms with E-state index in [1.807, 2.05) is 0 Å². The second-order valence-corrected chi connectivity index (χ2v) is 6.14. The molecule has 0 aliphatic rings. The average molecular weight is 282 g/mol. The van der Waals surface area contributed by atoms with Crippen molar-refractivity contribution in [1.29, 1.82) is 0 Å². The van der Waals surface area contributed by atoms with Gasteiger partial charge >= 0.3 is 0 Å². The molecule has 3 heteroatoms. The lowest BCUT2D eigenvalue weighted by atomic mass is 10.0. The van der Waals surface area contributed by atoms with Crippen LogP contribution in [0, 0.1) is 6.92 Å². The zero-order valence-electron chi connectivity index (χ0n) is 11.6. The van der Waals surface area contributed by atoms with Crippen molar-refractivity contribution in [1.82, 2.24) is 4.98 Å². The van der Waals surface area contributed by atoms with Crippen LogP contribution in [0.1, 0.15) is 21.1 Å². The maximum absolute atomic E-state index is 5.64. The molecule has 1 heterocycles. The maximum atomic E-state index is 5.64. The van der Waals surface area contributed by atoms with E-state index in [9.17, 15) is 0 Å². The maximum Gasteiger partial charge on any atom is 0.0975 e. The molecule has 0 saturated heterocycles. The van der Waals surface area contributed by atoms with Crippen molar-refractivity contribution in [3.8, 4) is 0 Å². The predicted molar refractivity (Wildman–Crippen MR) is 86.4 cm³/mol. The Morgan fingerprint density at radius 1 is 1.10 bits per heavy atom. The fourth-order valence-corrected chi connectivity index (χ4v) is 3.64. The fourth-order valence-electron chi connectivity index (χ4n) is 2.54. The van der Waals surface area contributed by atoms with Gasteiger partial charge in [-0.2, -0.15) is 0 Å². The molecule has 0 atom stereocenters. The van der Waals surface area contributed by atoms with Crippen molar-refractivity contribution in [2.75, 3.05) is 6.54 Å². The van der Waals surface area contributed by atoms with Gasteiger partial charge in [0.2, 0.25) is 0 Å². The van der Waals surface area contributed by atoms with E-state index in [0.29, 0.717) is 6.54 Å². The summed E-state index contributed by atoms with van der Waals surface area (Å²) in [5.41, 5.74) is 8.12. The number of nitrogens with two attached hydrogens (primary N) is 1. The Hall–Kier alpha value is -1.71. The number of nitrogens with zero attached hydrogens (tertiary/aromatic N) is 1. The summed E-state index contributed by atoms with van der Waals surface area (Å²) in [6.07, 6.45) is 1.83. The summed E-state index contributed by atoms with van der Waals surface area (Å²) in [4.78, 5) is 6.02. The molecule has 0 spiro atoms. The largest absolute Gasteiger partial charge is 0.330 e.